The fourth-order valence-electron chi connectivity index (χ4n) is 3.61. The highest BCUT2D eigenvalue weighted by Crippen LogP contribution is 2.34. The van der Waals surface area contributed by atoms with E-state index >= 15 is 0 Å². The van der Waals surface area contributed by atoms with E-state index in [1.807, 2.05) is 0 Å². The van der Waals surface area contributed by atoms with E-state index in [0.29, 0.717) is 38.6 Å². The SMILES string of the molecule is COCCOCCOCCOc1ccc(C(=N)OC(=N)c2ccc(OCCOCCOCCOC)cc2OS(=O)(=O)C(F)(F)F)c(OS(=O)(=O)C(F)(F)F)c1. The predicted octanol–water partition coefficient (Wildman–Crippen LogP) is 3.63. The van der Waals surface area contributed by atoms with Crippen LogP contribution >= 0.6 is 0 Å². The number of hydrogen-bond acceptors (Lipinski definition) is 17. The average Bonchev–Trinajstić information content (AvgIpc) is 3.09. The topological polar surface area (TPSA) is 218 Å². The van der Waals surface area contributed by atoms with Crippen molar-refractivity contribution >= 4 is 32.0 Å². The zero-order valence-electron chi connectivity index (χ0n) is 29.2. The quantitative estimate of drug-likeness (QED) is 0.0345. The Morgan fingerprint density at radius 1 is 0.527 bits per heavy atom. The summed E-state index contributed by atoms with van der Waals surface area (Å²) in [5, 5.41) is 16.5. The van der Waals surface area contributed by atoms with E-state index in [9.17, 15) is 43.2 Å². The summed E-state index contributed by atoms with van der Waals surface area (Å²) in [5.41, 5.74) is -13.5. The molecular formula is C30H38F6N2O15S2. The van der Waals surface area contributed by atoms with E-state index in [-0.39, 0.29) is 64.4 Å². The summed E-state index contributed by atoms with van der Waals surface area (Å²) < 4.78 is 182. The van der Waals surface area contributed by atoms with Gasteiger partial charge in [-0.1, -0.05) is 0 Å². The molecule has 2 N–H and O–H groups in total. The molecule has 0 radical (unpaired) electrons. The van der Waals surface area contributed by atoms with Gasteiger partial charge in [0.1, 0.15) is 24.7 Å². The molecule has 0 aromatic heterocycles. The van der Waals surface area contributed by atoms with Gasteiger partial charge in [0.25, 0.3) is 0 Å². The van der Waals surface area contributed by atoms with E-state index in [4.69, 9.17) is 53.5 Å². The molecule has 0 atom stereocenters. The third-order valence-electron chi connectivity index (χ3n) is 6.17. The molecule has 312 valence electrons. The fourth-order valence-corrected chi connectivity index (χ4v) is 4.54. The second-order valence-electron chi connectivity index (χ2n) is 10.2. The van der Waals surface area contributed by atoms with E-state index in [1.165, 1.54) is 14.2 Å². The van der Waals surface area contributed by atoms with Gasteiger partial charge in [-0.3, -0.25) is 10.8 Å². The molecule has 2 rings (SSSR count). The van der Waals surface area contributed by atoms with Gasteiger partial charge in [0.2, 0.25) is 11.8 Å². The van der Waals surface area contributed by atoms with Crippen molar-refractivity contribution in [2.75, 3.05) is 93.5 Å². The first-order chi connectivity index (χ1) is 25.8. The molecule has 0 bridgehead atoms. The number of nitrogens with one attached hydrogen (secondary N) is 2. The average molecular weight is 845 g/mol. The van der Waals surface area contributed by atoms with Crippen molar-refractivity contribution in [3.05, 3.63) is 47.5 Å². The number of rotatable bonds is 26. The molecule has 0 saturated carbocycles. The largest absolute Gasteiger partial charge is 0.534 e. The second-order valence-corrected chi connectivity index (χ2v) is 13.3. The highest BCUT2D eigenvalue weighted by atomic mass is 32.2. The Balaban J connectivity index is 2.26. The van der Waals surface area contributed by atoms with Gasteiger partial charge in [-0.25, -0.2) is 0 Å². The lowest BCUT2D eigenvalue weighted by Gasteiger charge is -2.17. The van der Waals surface area contributed by atoms with Crippen molar-refractivity contribution in [3.8, 4) is 23.0 Å². The number of alkyl halides is 6. The summed E-state index contributed by atoms with van der Waals surface area (Å²) in [6.07, 6.45) is 0. The van der Waals surface area contributed by atoms with Gasteiger partial charge in [0, 0.05) is 26.4 Å². The monoisotopic (exact) mass is 844 g/mol. The van der Waals surface area contributed by atoms with Crippen molar-refractivity contribution in [1.29, 1.82) is 10.8 Å². The van der Waals surface area contributed by atoms with Crippen LogP contribution in [0.25, 0.3) is 0 Å². The van der Waals surface area contributed by atoms with E-state index < -0.39 is 65.7 Å². The van der Waals surface area contributed by atoms with Crippen LogP contribution in [-0.2, 0) is 53.4 Å². The molecule has 2 aromatic rings. The molecule has 0 fully saturated rings. The maximum Gasteiger partial charge on any atom is 0.534 e. The van der Waals surface area contributed by atoms with Gasteiger partial charge in [0.05, 0.1) is 77.2 Å². The molecule has 0 saturated heterocycles. The van der Waals surface area contributed by atoms with Crippen molar-refractivity contribution in [2.45, 2.75) is 11.0 Å². The van der Waals surface area contributed by atoms with Crippen LogP contribution < -0.4 is 17.8 Å². The molecule has 55 heavy (non-hydrogen) atoms. The summed E-state index contributed by atoms with van der Waals surface area (Å²) in [7, 11) is -9.71. The normalized spacial score (nSPS) is 12.3. The lowest BCUT2D eigenvalue weighted by molar-refractivity contribution is -0.0505. The van der Waals surface area contributed by atoms with Crippen molar-refractivity contribution in [2.24, 2.45) is 0 Å². The smallest absolute Gasteiger partial charge is 0.491 e. The summed E-state index contributed by atoms with van der Waals surface area (Å²) in [4.78, 5) is 0. The van der Waals surface area contributed by atoms with E-state index in [0.717, 1.165) is 24.3 Å². The van der Waals surface area contributed by atoms with Crippen LogP contribution in [0.15, 0.2) is 36.4 Å². The first-order valence-electron chi connectivity index (χ1n) is 15.5. The van der Waals surface area contributed by atoms with Gasteiger partial charge in [-0.2, -0.15) is 43.2 Å². The fraction of sp³-hybridized carbons (Fsp3) is 0.533. The third kappa shape index (κ3) is 16.3. The maximum atomic E-state index is 13.2. The Bertz CT molecular complexity index is 1620. The van der Waals surface area contributed by atoms with E-state index in [2.05, 4.69) is 8.37 Å². The summed E-state index contributed by atoms with van der Waals surface area (Å²) >= 11 is 0. The van der Waals surface area contributed by atoms with Gasteiger partial charge in [-0.05, 0) is 24.3 Å². The van der Waals surface area contributed by atoms with Crippen LogP contribution in [0.4, 0.5) is 26.3 Å². The molecule has 0 aliphatic rings. The Kier molecular flexibility index (Phi) is 19.3. The van der Waals surface area contributed by atoms with Gasteiger partial charge < -0.3 is 51.0 Å². The predicted molar refractivity (Wildman–Crippen MR) is 177 cm³/mol. The molecule has 0 spiro atoms. The minimum absolute atomic E-state index is 0.0419. The lowest BCUT2D eigenvalue weighted by Crippen LogP contribution is -2.29. The Morgan fingerprint density at radius 3 is 1.15 bits per heavy atom. The first-order valence-corrected chi connectivity index (χ1v) is 18.3. The molecule has 17 nitrogen and oxygen atoms in total. The van der Waals surface area contributed by atoms with Crippen LogP contribution in [0.1, 0.15) is 11.1 Å². The highest BCUT2D eigenvalue weighted by molar-refractivity contribution is 7.88. The Hall–Kier alpha value is -3.98. The van der Waals surface area contributed by atoms with Crippen LogP contribution in [0.5, 0.6) is 23.0 Å². The Labute approximate surface area is 311 Å². The zero-order valence-corrected chi connectivity index (χ0v) is 30.8. The van der Waals surface area contributed by atoms with Crippen LogP contribution in [-0.4, -0.2) is 133 Å². The van der Waals surface area contributed by atoms with Crippen LogP contribution in [0.3, 0.4) is 0 Å². The van der Waals surface area contributed by atoms with Crippen LogP contribution in [0, 0.1) is 10.8 Å². The summed E-state index contributed by atoms with van der Waals surface area (Å²) in [6, 6.07) is 5.09. The molecule has 0 amide bonds. The van der Waals surface area contributed by atoms with Crippen LogP contribution in [0.2, 0.25) is 0 Å². The highest BCUT2D eigenvalue weighted by Gasteiger charge is 2.50. The molecular weight excluding hydrogens is 806 g/mol. The van der Waals surface area contributed by atoms with Gasteiger partial charge in [-0.15, -0.1) is 0 Å². The third-order valence-corrected chi connectivity index (χ3v) is 8.10. The van der Waals surface area contributed by atoms with Gasteiger partial charge >= 0.3 is 31.3 Å². The van der Waals surface area contributed by atoms with Gasteiger partial charge in [0.15, 0.2) is 11.5 Å². The first kappa shape index (κ1) is 47.2. The van der Waals surface area contributed by atoms with E-state index in [1.54, 1.807) is 0 Å². The van der Waals surface area contributed by atoms with Crippen molar-refractivity contribution in [3.63, 3.8) is 0 Å². The minimum Gasteiger partial charge on any atom is -0.491 e. The second kappa shape index (κ2) is 22.5. The zero-order chi connectivity index (χ0) is 41.1. The summed E-state index contributed by atoms with van der Waals surface area (Å²) in [6.45, 7) is 1.65. The number of methoxy groups -OCH3 is 2. The molecule has 0 aliphatic carbocycles. The standard InChI is InChI=1S/C30H38F6N2O15S2/c1-43-7-9-45-11-13-47-15-17-49-21-3-5-23(25(19-21)52-54(39,40)29(31,32)33)27(37)51-28(38)24-6-4-22(20-26(24)53-55(41,42)30(34,35)36)50-18-16-48-14-12-46-10-8-44-2/h3-6,19-20,37-38H,7-18H2,1-2H3. The lowest BCUT2D eigenvalue weighted by atomic mass is 10.1. The molecule has 2 aromatic carbocycles. The minimum atomic E-state index is -6.35. The summed E-state index contributed by atoms with van der Waals surface area (Å²) in [5.74, 6) is -5.39. The molecule has 0 aliphatic heterocycles. The number of hydrogen-bond donors (Lipinski definition) is 2. The Morgan fingerprint density at radius 2 is 0.836 bits per heavy atom. The molecule has 0 heterocycles. The molecule has 25 heteroatoms. The van der Waals surface area contributed by atoms with Crippen molar-refractivity contribution < 1.29 is 94.2 Å². The number of halogens is 6. The number of ether oxygens (including phenoxy) is 9. The van der Waals surface area contributed by atoms with Crippen molar-refractivity contribution in [1.82, 2.24) is 0 Å². The maximum absolute atomic E-state index is 13.2. The molecule has 0 unspecified atom stereocenters. The number of benzene rings is 2.